The molecular formula is C13H22N4OS. The van der Waals surface area contributed by atoms with Gasteiger partial charge in [-0.25, -0.2) is 4.98 Å². The highest BCUT2D eigenvalue weighted by atomic mass is 32.1. The molecule has 1 aromatic heterocycles. The number of likely N-dealkylation sites (N-methyl/N-ethyl adjacent to an activating group) is 1. The van der Waals surface area contributed by atoms with Crippen molar-refractivity contribution in [3.8, 4) is 0 Å². The number of thiazole rings is 1. The van der Waals surface area contributed by atoms with Crippen LogP contribution in [0.25, 0.3) is 0 Å². The molecule has 0 aromatic carbocycles. The quantitative estimate of drug-likeness (QED) is 0.842. The maximum Gasteiger partial charge on any atom is 0.224 e. The molecule has 2 N–H and O–H groups in total. The molecule has 0 saturated carbocycles. The SMILES string of the molecule is CN(Cc1cscn1)C(CN)CC(=O)N1CCCC1. The Kier molecular flexibility index (Phi) is 5.30. The number of nitrogens with zero attached hydrogens (tertiary/aromatic N) is 3. The lowest BCUT2D eigenvalue weighted by Gasteiger charge is -2.27. The maximum absolute atomic E-state index is 12.2. The van der Waals surface area contributed by atoms with Crippen molar-refractivity contribution in [3.63, 3.8) is 0 Å². The number of likely N-dealkylation sites (tertiary alicyclic amines) is 1. The van der Waals surface area contributed by atoms with Crippen molar-refractivity contribution in [2.75, 3.05) is 26.7 Å². The highest BCUT2D eigenvalue weighted by Gasteiger charge is 2.23. The van der Waals surface area contributed by atoms with Crippen LogP contribution < -0.4 is 5.73 Å². The van der Waals surface area contributed by atoms with Crippen LogP contribution in [0.3, 0.4) is 0 Å². The minimum atomic E-state index is 0.0924. The van der Waals surface area contributed by atoms with Crippen molar-refractivity contribution in [3.05, 3.63) is 16.6 Å². The molecular weight excluding hydrogens is 260 g/mol. The third-order valence-electron chi connectivity index (χ3n) is 3.66. The van der Waals surface area contributed by atoms with Crippen LogP contribution in [-0.4, -0.2) is 53.4 Å². The van der Waals surface area contributed by atoms with Crippen molar-refractivity contribution in [1.29, 1.82) is 0 Å². The summed E-state index contributed by atoms with van der Waals surface area (Å²) in [6, 6.07) is 0.0924. The number of rotatable bonds is 6. The van der Waals surface area contributed by atoms with Gasteiger partial charge in [0.15, 0.2) is 0 Å². The van der Waals surface area contributed by atoms with Gasteiger partial charge in [0.05, 0.1) is 11.2 Å². The Morgan fingerprint density at radius 1 is 1.58 bits per heavy atom. The molecule has 1 aliphatic heterocycles. The summed E-state index contributed by atoms with van der Waals surface area (Å²) in [5, 5.41) is 2.03. The van der Waals surface area contributed by atoms with Gasteiger partial charge < -0.3 is 10.6 Å². The molecule has 0 aliphatic carbocycles. The van der Waals surface area contributed by atoms with Crippen LogP contribution in [0.2, 0.25) is 0 Å². The van der Waals surface area contributed by atoms with E-state index in [0.29, 0.717) is 13.0 Å². The third kappa shape index (κ3) is 3.99. The topological polar surface area (TPSA) is 62.5 Å². The minimum Gasteiger partial charge on any atom is -0.343 e. The van der Waals surface area contributed by atoms with Crippen LogP contribution >= 0.6 is 11.3 Å². The smallest absolute Gasteiger partial charge is 0.224 e. The van der Waals surface area contributed by atoms with E-state index in [0.717, 1.165) is 38.2 Å². The largest absolute Gasteiger partial charge is 0.343 e. The normalized spacial score (nSPS) is 17.1. The van der Waals surface area contributed by atoms with Crippen LogP contribution in [-0.2, 0) is 11.3 Å². The maximum atomic E-state index is 12.2. The highest BCUT2D eigenvalue weighted by molar-refractivity contribution is 7.07. The van der Waals surface area contributed by atoms with Crippen LogP contribution in [0.4, 0.5) is 0 Å². The van der Waals surface area contributed by atoms with E-state index in [4.69, 9.17) is 5.73 Å². The van der Waals surface area contributed by atoms with Gasteiger partial charge in [-0.2, -0.15) is 0 Å². The van der Waals surface area contributed by atoms with E-state index in [1.807, 2.05) is 22.8 Å². The molecule has 1 amide bonds. The summed E-state index contributed by atoms with van der Waals surface area (Å²) in [4.78, 5) is 20.5. The Bertz CT molecular complexity index is 389. The lowest BCUT2D eigenvalue weighted by Crippen LogP contribution is -2.42. The molecule has 0 spiro atoms. The monoisotopic (exact) mass is 282 g/mol. The van der Waals surface area contributed by atoms with E-state index in [2.05, 4.69) is 9.88 Å². The third-order valence-corrected chi connectivity index (χ3v) is 4.29. The average molecular weight is 282 g/mol. The van der Waals surface area contributed by atoms with Gasteiger partial charge in [0.25, 0.3) is 0 Å². The molecule has 2 heterocycles. The molecule has 1 unspecified atom stereocenters. The van der Waals surface area contributed by atoms with Crippen molar-refractivity contribution < 1.29 is 4.79 Å². The molecule has 106 valence electrons. The molecule has 5 nitrogen and oxygen atoms in total. The Balaban J connectivity index is 1.86. The van der Waals surface area contributed by atoms with Crippen molar-refractivity contribution in [2.24, 2.45) is 5.73 Å². The van der Waals surface area contributed by atoms with Gasteiger partial charge in [-0.1, -0.05) is 0 Å². The van der Waals surface area contributed by atoms with Crippen LogP contribution in [0.5, 0.6) is 0 Å². The number of carbonyl (C=O) groups excluding carboxylic acids is 1. The molecule has 2 rings (SSSR count). The van der Waals surface area contributed by atoms with E-state index < -0.39 is 0 Å². The molecule has 0 bridgehead atoms. The zero-order valence-electron chi connectivity index (χ0n) is 11.4. The van der Waals surface area contributed by atoms with Crippen molar-refractivity contribution >= 4 is 17.2 Å². The predicted octanol–water partition coefficient (Wildman–Crippen LogP) is 0.915. The minimum absolute atomic E-state index is 0.0924. The molecule has 1 aliphatic rings. The van der Waals surface area contributed by atoms with Crippen LogP contribution in [0, 0.1) is 0 Å². The first kappa shape index (κ1) is 14.4. The average Bonchev–Trinajstić information content (AvgIpc) is 3.07. The fraction of sp³-hybridized carbons (Fsp3) is 0.692. The fourth-order valence-corrected chi connectivity index (χ4v) is 2.97. The van der Waals surface area contributed by atoms with Crippen LogP contribution in [0.15, 0.2) is 10.9 Å². The first-order valence-electron chi connectivity index (χ1n) is 6.76. The predicted molar refractivity (Wildman–Crippen MR) is 76.9 cm³/mol. The summed E-state index contributed by atoms with van der Waals surface area (Å²) in [5.74, 6) is 0.234. The Morgan fingerprint density at radius 3 is 2.89 bits per heavy atom. The summed E-state index contributed by atoms with van der Waals surface area (Å²) < 4.78 is 0. The van der Waals surface area contributed by atoms with E-state index >= 15 is 0 Å². The molecule has 0 radical (unpaired) electrons. The number of carbonyl (C=O) groups is 1. The van der Waals surface area contributed by atoms with E-state index in [1.165, 1.54) is 0 Å². The summed E-state index contributed by atoms with van der Waals surface area (Å²) in [6.07, 6.45) is 2.78. The number of nitrogens with two attached hydrogens (primary N) is 1. The van der Waals surface area contributed by atoms with E-state index in [1.54, 1.807) is 11.3 Å². The van der Waals surface area contributed by atoms with Crippen LogP contribution in [0.1, 0.15) is 25.0 Å². The fourth-order valence-electron chi connectivity index (χ4n) is 2.42. The van der Waals surface area contributed by atoms with Gasteiger partial charge in [-0.05, 0) is 19.9 Å². The lowest BCUT2D eigenvalue weighted by atomic mass is 10.1. The molecule has 1 atom stereocenters. The molecule has 19 heavy (non-hydrogen) atoms. The van der Waals surface area contributed by atoms with Gasteiger partial charge in [0.1, 0.15) is 0 Å². The summed E-state index contributed by atoms with van der Waals surface area (Å²) in [7, 11) is 2.01. The summed E-state index contributed by atoms with van der Waals surface area (Å²) >= 11 is 1.59. The van der Waals surface area contributed by atoms with Crippen molar-refractivity contribution in [1.82, 2.24) is 14.8 Å². The number of aromatic nitrogens is 1. The highest BCUT2D eigenvalue weighted by Crippen LogP contribution is 2.13. The van der Waals surface area contributed by atoms with Gasteiger partial charge in [0.2, 0.25) is 5.91 Å². The van der Waals surface area contributed by atoms with Gasteiger partial charge >= 0.3 is 0 Å². The number of amides is 1. The molecule has 1 aromatic rings. The van der Waals surface area contributed by atoms with E-state index in [-0.39, 0.29) is 11.9 Å². The summed E-state index contributed by atoms with van der Waals surface area (Å²) in [5.41, 5.74) is 8.69. The number of hydrogen-bond donors (Lipinski definition) is 1. The zero-order valence-corrected chi connectivity index (χ0v) is 12.2. The second-order valence-corrected chi connectivity index (χ2v) is 5.80. The van der Waals surface area contributed by atoms with E-state index in [9.17, 15) is 4.79 Å². The zero-order chi connectivity index (χ0) is 13.7. The first-order valence-corrected chi connectivity index (χ1v) is 7.70. The van der Waals surface area contributed by atoms with Gasteiger partial charge in [0, 0.05) is 44.0 Å². The number of hydrogen-bond acceptors (Lipinski definition) is 5. The lowest BCUT2D eigenvalue weighted by molar-refractivity contribution is -0.131. The second kappa shape index (κ2) is 6.98. The summed E-state index contributed by atoms with van der Waals surface area (Å²) in [6.45, 7) is 3.07. The Morgan fingerprint density at radius 2 is 2.32 bits per heavy atom. The molecule has 6 heteroatoms. The van der Waals surface area contributed by atoms with Crippen molar-refractivity contribution in [2.45, 2.75) is 31.8 Å². The standard InChI is InChI=1S/C13H22N4OS/c1-16(8-11-9-19-10-15-11)12(7-14)6-13(18)17-4-2-3-5-17/h9-10,12H,2-8,14H2,1H3. The Labute approximate surface area is 118 Å². The molecule has 1 fully saturated rings. The Hall–Kier alpha value is -0.980. The first-order chi connectivity index (χ1) is 9.20. The second-order valence-electron chi connectivity index (χ2n) is 5.08. The van der Waals surface area contributed by atoms with Gasteiger partial charge in [-0.3, -0.25) is 9.69 Å². The molecule has 1 saturated heterocycles. The van der Waals surface area contributed by atoms with Gasteiger partial charge in [-0.15, -0.1) is 11.3 Å².